The van der Waals surface area contributed by atoms with Gasteiger partial charge in [-0.05, 0) is 32.9 Å². The number of likely N-dealkylation sites (tertiary alicyclic amines) is 1. The zero-order valence-electron chi connectivity index (χ0n) is 11.4. The molecule has 19 heavy (non-hydrogen) atoms. The largest absolute Gasteiger partial charge is 0.481 e. The fourth-order valence-electron chi connectivity index (χ4n) is 3.20. The maximum atomic E-state index is 12.0. The first-order chi connectivity index (χ1) is 8.99. The van der Waals surface area contributed by atoms with Crippen molar-refractivity contribution in [1.29, 1.82) is 0 Å². The summed E-state index contributed by atoms with van der Waals surface area (Å²) in [4.78, 5) is 25.1. The van der Waals surface area contributed by atoms with Crippen LogP contribution in [-0.2, 0) is 4.79 Å². The summed E-state index contributed by atoms with van der Waals surface area (Å²) in [6, 6.07) is -0.0447. The molecule has 2 aliphatic rings. The van der Waals surface area contributed by atoms with E-state index in [1.54, 1.807) is 0 Å². The van der Waals surface area contributed by atoms with Crippen LogP contribution >= 0.6 is 0 Å². The van der Waals surface area contributed by atoms with Crippen LogP contribution in [-0.4, -0.2) is 53.7 Å². The van der Waals surface area contributed by atoms with Crippen LogP contribution in [0.2, 0.25) is 0 Å². The fourth-order valence-corrected chi connectivity index (χ4v) is 3.20. The van der Waals surface area contributed by atoms with Gasteiger partial charge in [0.05, 0.1) is 12.0 Å². The molecule has 0 spiro atoms. The molecule has 2 amide bonds. The van der Waals surface area contributed by atoms with Crippen LogP contribution in [0.25, 0.3) is 0 Å². The first-order valence-corrected chi connectivity index (χ1v) is 6.98. The molecule has 108 valence electrons. The molecule has 1 heterocycles. The topological polar surface area (TPSA) is 81.7 Å². The number of hydrogen-bond donors (Lipinski definition) is 3. The molecule has 2 fully saturated rings. The third kappa shape index (κ3) is 3.83. The highest BCUT2D eigenvalue weighted by atomic mass is 16.4. The molecule has 2 rings (SSSR count). The highest BCUT2D eigenvalue weighted by Gasteiger charge is 2.37. The lowest BCUT2D eigenvalue weighted by molar-refractivity contribution is -0.138. The molecular weight excluding hydrogens is 246 g/mol. The number of nitrogens with zero attached hydrogens (tertiary/aromatic N) is 1. The van der Waals surface area contributed by atoms with E-state index in [0.29, 0.717) is 0 Å². The molecule has 1 aliphatic carbocycles. The monoisotopic (exact) mass is 269 g/mol. The van der Waals surface area contributed by atoms with Gasteiger partial charge in [0.25, 0.3) is 0 Å². The van der Waals surface area contributed by atoms with Crippen molar-refractivity contribution in [2.45, 2.75) is 50.1 Å². The lowest BCUT2D eigenvalue weighted by atomic mass is 9.93. The smallest absolute Gasteiger partial charge is 0.315 e. The second-order valence-electron chi connectivity index (χ2n) is 5.90. The summed E-state index contributed by atoms with van der Waals surface area (Å²) in [6.45, 7) is 1.85. The number of amides is 2. The molecule has 1 saturated heterocycles. The van der Waals surface area contributed by atoms with Crippen LogP contribution < -0.4 is 10.6 Å². The van der Waals surface area contributed by atoms with Crippen LogP contribution in [0.3, 0.4) is 0 Å². The number of carbonyl (C=O) groups excluding carboxylic acids is 1. The van der Waals surface area contributed by atoms with E-state index in [9.17, 15) is 9.59 Å². The van der Waals surface area contributed by atoms with Crippen molar-refractivity contribution in [2.75, 3.05) is 20.1 Å². The summed E-state index contributed by atoms with van der Waals surface area (Å²) in [7, 11) is 2.03. The first-order valence-electron chi connectivity index (χ1n) is 6.98. The van der Waals surface area contributed by atoms with Crippen molar-refractivity contribution < 1.29 is 14.7 Å². The van der Waals surface area contributed by atoms with Gasteiger partial charge in [0.1, 0.15) is 0 Å². The third-order valence-electron chi connectivity index (χ3n) is 4.16. The van der Waals surface area contributed by atoms with Gasteiger partial charge in [-0.15, -0.1) is 0 Å². The maximum absolute atomic E-state index is 12.0. The summed E-state index contributed by atoms with van der Waals surface area (Å²) in [6.07, 6.45) is 4.47. The number of urea groups is 1. The molecule has 1 saturated carbocycles. The Bertz CT molecular complexity index is 353. The molecule has 0 aromatic rings. The zero-order chi connectivity index (χ0) is 13.9. The van der Waals surface area contributed by atoms with Gasteiger partial charge in [-0.2, -0.15) is 0 Å². The van der Waals surface area contributed by atoms with Crippen molar-refractivity contribution in [3.05, 3.63) is 0 Å². The predicted molar refractivity (Wildman–Crippen MR) is 71.0 cm³/mol. The van der Waals surface area contributed by atoms with E-state index in [-0.39, 0.29) is 18.5 Å². The SMILES string of the molecule is CN1CCC(NC(=O)NC2(CC(=O)O)CCCC2)C1. The molecule has 6 heteroatoms. The van der Waals surface area contributed by atoms with E-state index < -0.39 is 11.5 Å². The van der Waals surface area contributed by atoms with Gasteiger partial charge < -0.3 is 20.6 Å². The molecule has 1 unspecified atom stereocenters. The number of carboxylic acids is 1. The summed E-state index contributed by atoms with van der Waals surface area (Å²) >= 11 is 0. The highest BCUT2D eigenvalue weighted by molar-refractivity contribution is 5.77. The Morgan fingerprint density at radius 3 is 2.58 bits per heavy atom. The minimum Gasteiger partial charge on any atom is -0.481 e. The van der Waals surface area contributed by atoms with Crippen LogP contribution in [0.5, 0.6) is 0 Å². The van der Waals surface area contributed by atoms with Crippen molar-refractivity contribution in [3.8, 4) is 0 Å². The predicted octanol–water partition coefficient (Wildman–Crippen LogP) is 0.777. The van der Waals surface area contributed by atoms with Crippen LogP contribution in [0.4, 0.5) is 4.79 Å². The molecule has 0 bridgehead atoms. The molecular formula is C13H23N3O3. The van der Waals surface area contributed by atoms with Crippen LogP contribution in [0, 0.1) is 0 Å². The summed E-state index contributed by atoms with van der Waals surface area (Å²) in [5.41, 5.74) is -0.541. The van der Waals surface area contributed by atoms with Gasteiger partial charge in [-0.3, -0.25) is 4.79 Å². The maximum Gasteiger partial charge on any atom is 0.315 e. The second-order valence-corrected chi connectivity index (χ2v) is 5.90. The molecule has 1 aliphatic heterocycles. The number of nitrogens with one attached hydrogen (secondary N) is 2. The molecule has 0 aromatic carbocycles. The second kappa shape index (κ2) is 5.77. The van der Waals surface area contributed by atoms with E-state index in [1.807, 2.05) is 7.05 Å². The molecule has 0 aromatic heterocycles. The molecule has 0 radical (unpaired) electrons. The third-order valence-corrected chi connectivity index (χ3v) is 4.16. The minimum absolute atomic E-state index is 0.0188. The lowest BCUT2D eigenvalue weighted by Crippen LogP contribution is -2.53. The fraction of sp³-hybridized carbons (Fsp3) is 0.846. The zero-order valence-corrected chi connectivity index (χ0v) is 11.4. The number of rotatable bonds is 4. The molecule has 1 atom stereocenters. The average Bonchev–Trinajstić information content (AvgIpc) is 2.87. The van der Waals surface area contributed by atoms with Gasteiger partial charge >= 0.3 is 12.0 Å². The number of aliphatic carboxylic acids is 1. The Balaban J connectivity index is 1.86. The summed E-state index contributed by atoms with van der Waals surface area (Å²) in [5, 5.41) is 14.9. The Kier molecular flexibility index (Phi) is 4.29. The summed E-state index contributed by atoms with van der Waals surface area (Å²) < 4.78 is 0. The van der Waals surface area contributed by atoms with Crippen LogP contribution in [0.15, 0.2) is 0 Å². The van der Waals surface area contributed by atoms with Gasteiger partial charge in [-0.1, -0.05) is 12.8 Å². The Morgan fingerprint density at radius 1 is 1.37 bits per heavy atom. The number of carbonyl (C=O) groups is 2. The van der Waals surface area contributed by atoms with E-state index >= 15 is 0 Å². The van der Waals surface area contributed by atoms with Crippen molar-refractivity contribution in [2.24, 2.45) is 0 Å². The average molecular weight is 269 g/mol. The minimum atomic E-state index is -0.845. The van der Waals surface area contributed by atoms with Gasteiger partial charge in [-0.25, -0.2) is 4.79 Å². The molecule has 3 N–H and O–H groups in total. The standard InChI is InChI=1S/C13H23N3O3/c1-16-7-4-10(9-16)14-12(19)15-13(8-11(17)18)5-2-3-6-13/h10H,2-9H2,1H3,(H,17,18)(H2,14,15,19). The number of carboxylic acid groups (broad SMARTS) is 1. The number of likely N-dealkylation sites (N-methyl/N-ethyl adjacent to an activating group) is 1. The summed E-state index contributed by atoms with van der Waals surface area (Å²) in [5.74, 6) is -0.845. The Morgan fingerprint density at radius 2 is 2.05 bits per heavy atom. The van der Waals surface area contributed by atoms with E-state index in [4.69, 9.17) is 5.11 Å². The number of hydrogen-bond acceptors (Lipinski definition) is 3. The molecule has 6 nitrogen and oxygen atoms in total. The van der Waals surface area contributed by atoms with Crippen molar-refractivity contribution in [1.82, 2.24) is 15.5 Å². The Hall–Kier alpha value is -1.30. The highest BCUT2D eigenvalue weighted by Crippen LogP contribution is 2.32. The van der Waals surface area contributed by atoms with Gasteiger partial charge in [0.15, 0.2) is 0 Å². The first kappa shape index (κ1) is 14.1. The lowest BCUT2D eigenvalue weighted by Gasteiger charge is -2.29. The van der Waals surface area contributed by atoms with Crippen molar-refractivity contribution in [3.63, 3.8) is 0 Å². The normalized spacial score (nSPS) is 26.3. The Labute approximate surface area is 113 Å². The van der Waals surface area contributed by atoms with E-state index in [1.165, 1.54) is 0 Å². The van der Waals surface area contributed by atoms with Gasteiger partial charge in [0, 0.05) is 12.6 Å². The van der Waals surface area contributed by atoms with E-state index in [2.05, 4.69) is 15.5 Å². The van der Waals surface area contributed by atoms with Crippen LogP contribution in [0.1, 0.15) is 38.5 Å². The van der Waals surface area contributed by atoms with Gasteiger partial charge in [0.2, 0.25) is 0 Å². The van der Waals surface area contributed by atoms with Crippen molar-refractivity contribution >= 4 is 12.0 Å². The van der Waals surface area contributed by atoms with E-state index in [0.717, 1.165) is 45.2 Å². The quantitative estimate of drug-likeness (QED) is 0.704.